The van der Waals surface area contributed by atoms with E-state index in [1.165, 1.54) is 4.90 Å². The highest BCUT2D eigenvalue weighted by atomic mass is 16.5. The number of aliphatic hydroxyl groups is 1. The van der Waals surface area contributed by atoms with Gasteiger partial charge in [0.2, 0.25) is 11.8 Å². The summed E-state index contributed by atoms with van der Waals surface area (Å²) in [5, 5.41) is 19.1. The Hall–Kier alpha value is -2.71. The van der Waals surface area contributed by atoms with E-state index in [-0.39, 0.29) is 25.0 Å². The normalized spacial score (nSPS) is 31.0. The van der Waals surface area contributed by atoms with Gasteiger partial charge in [0.15, 0.2) is 0 Å². The topological polar surface area (TPSA) is 107 Å². The number of fused-ring (bicyclic) bond motifs is 1. The van der Waals surface area contributed by atoms with Crippen molar-refractivity contribution in [2.45, 2.75) is 43.6 Å². The molecular weight excluding hydrogens is 400 g/mol. The predicted molar refractivity (Wildman–Crippen MR) is 111 cm³/mol. The Morgan fingerprint density at radius 2 is 2.06 bits per heavy atom. The van der Waals surface area contributed by atoms with Crippen LogP contribution < -0.4 is 0 Å². The van der Waals surface area contributed by atoms with Crippen LogP contribution in [-0.2, 0) is 25.7 Å². The molecule has 166 valence electrons. The van der Waals surface area contributed by atoms with Gasteiger partial charge in [-0.1, -0.05) is 36.4 Å². The first-order valence-corrected chi connectivity index (χ1v) is 10.7. The smallest absolute Gasteiger partial charge is 0.310 e. The highest BCUT2D eigenvalue weighted by Gasteiger charge is 2.74. The second-order valence-electron chi connectivity index (χ2n) is 8.50. The van der Waals surface area contributed by atoms with Crippen LogP contribution in [0.5, 0.6) is 0 Å². The largest absolute Gasteiger partial charge is 0.481 e. The molecule has 1 aromatic carbocycles. The molecule has 2 bridgehead atoms. The van der Waals surface area contributed by atoms with Crippen molar-refractivity contribution in [1.29, 1.82) is 0 Å². The summed E-state index contributed by atoms with van der Waals surface area (Å²) in [7, 11) is 0. The van der Waals surface area contributed by atoms with Gasteiger partial charge >= 0.3 is 5.97 Å². The van der Waals surface area contributed by atoms with Gasteiger partial charge in [-0.25, -0.2) is 0 Å². The molecule has 3 saturated heterocycles. The van der Waals surface area contributed by atoms with Crippen molar-refractivity contribution in [1.82, 2.24) is 9.80 Å². The van der Waals surface area contributed by atoms with Crippen LogP contribution in [0.1, 0.15) is 24.8 Å². The molecule has 1 aromatic rings. The molecule has 4 rings (SSSR count). The Morgan fingerprint density at radius 1 is 1.32 bits per heavy atom. The van der Waals surface area contributed by atoms with Crippen molar-refractivity contribution in [2.75, 3.05) is 19.7 Å². The van der Waals surface area contributed by atoms with Crippen molar-refractivity contribution >= 4 is 17.8 Å². The molecule has 2 amide bonds. The number of nitrogens with zero attached hydrogens (tertiary/aromatic N) is 2. The van der Waals surface area contributed by atoms with Crippen LogP contribution in [0.4, 0.5) is 0 Å². The molecule has 31 heavy (non-hydrogen) atoms. The molecule has 0 unspecified atom stereocenters. The number of aliphatic hydroxyl groups excluding tert-OH is 1. The van der Waals surface area contributed by atoms with Crippen molar-refractivity contribution in [2.24, 2.45) is 11.8 Å². The van der Waals surface area contributed by atoms with E-state index in [1.807, 2.05) is 30.3 Å². The summed E-state index contributed by atoms with van der Waals surface area (Å²) in [6.07, 6.45) is 2.37. The SMILES string of the molecule is C=CCN(Cc1ccccc1)C(=O)[C@@H]1N(CCCO)C(=O)[C@H]2[C@H](C(=O)O)[C@@H]3CC[C@]12O3. The standard InChI is InChI=1S/C23H28N2O6/c1-2-11-24(14-15-7-4-3-5-8-15)21(28)19-23-10-9-16(31-23)17(22(29)30)18(23)20(27)25(19)12-6-13-26/h2-5,7-8,16-19,26H,1,6,9-14H2,(H,29,30)/t16-,17+,18+,19-,23+/m0/s1. The zero-order valence-corrected chi connectivity index (χ0v) is 17.4. The van der Waals surface area contributed by atoms with Crippen molar-refractivity contribution in [3.05, 3.63) is 48.6 Å². The fourth-order valence-electron chi connectivity index (χ4n) is 5.56. The van der Waals surface area contributed by atoms with Gasteiger partial charge in [0.1, 0.15) is 11.6 Å². The Labute approximate surface area is 181 Å². The Bertz CT molecular complexity index is 874. The average Bonchev–Trinajstić information content (AvgIpc) is 3.39. The number of amides is 2. The van der Waals surface area contributed by atoms with E-state index in [2.05, 4.69) is 6.58 Å². The number of carboxylic acid groups (broad SMARTS) is 1. The van der Waals surface area contributed by atoms with E-state index in [0.717, 1.165) is 5.56 Å². The zero-order valence-electron chi connectivity index (χ0n) is 17.4. The van der Waals surface area contributed by atoms with Crippen LogP contribution in [-0.4, -0.2) is 75.2 Å². The molecule has 5 atom stereocenters. The summed E-state index contributed by atoms with van der Waals surface area (Å²) >= 11 is 0. The molecule has 0 radical (unpaired) electrons. The summed E-state index contributed by atoms with van der Waals surface area (Å²) in [6, 6.07) is 8.63. The highest BCUT2D eigenvalue weighted by Crippen LogP contribution is 2.58. The van der Waals surface area contributed by atoms with Gasteiger partial charge in [-0.15, -0.1) is 6.58 Å². The second-order valence-corrected chi connectivity index (χ2v) is 8.50. The Kier molecular flexibility index (Phi) is 5.85. The molecule has 3 fully saturated rings. The first-order chi connectivity index (χ1) is 14.9. The number of carbonyl (C=O) groups is 3. The minimum absolute atomic E-state index is 0.130. The average molecular weight is 428 g/mol. The maximum Gasteiger partial charge on any atom is 0.310 e. The number of hydrogen-bond acceptors (Lipinski definition) is 5. The first-order valence-electron chi connectivity index (χ1n) is 10.7. The second kappa shape index (κ2) is 8.43. The number of hydrogen-bond donors (Lipinski definition) is 2. The summed E-state index contributed by atoms with van der Waals surface area (Å²) in [6.45, 7) is 4.45. The van der Waals surface area contributed by atoms with Crippen molar-refractivity contribution < 1.29 is 29.3 Å². The van der Waals surface area contributed by atoms with Crippen molar-refractivity contribution in [3.63, 3.8) is 0 Å². The number of carboxylic acids is 1. The number of rotatable bonds is 9. The lowest BCUT2D eigenvalue weighted by atomic mass is 9.70. The van der Waals surface area contributed by atoms with Gasteiger partial charge in [-0.3, -0.25) is 14.4 Å². The number of ether oxygens (including phenoxy) is 1. The van der Waals surface area contributed by atoms with Crippen LogP contribution in [0, 0.1) is 11.8 Å². The van der Waals surface area contributed by atoms with Crippen LogP contribution in [0.2, 0.25) is 0 Å². The van der Waals surface area contributed by atoms with Gasteiger partial charge in [-0.2, -0.15) is 0 Å². The molecule has 3 aliphatic heterocycles. The number of likely N-dealkylation sites (tertiary alicyclic amines) is 1. The Morgan fingerprint density at radius 3 is 2.71 bits per heavy atom. The molecular formula is C23H28N2O6. The van der Waals surface area contributed by atoms with E-state index in [0.29, 0.717) is 32.4 Å². The van der Waals surface area contributed by atoms with Gasteiger partial charge in [0, 0.05) is 26.2 Å². The van der Waals surface area contributed by atoms with Gasteiger partial charge in [-0.05, 0) is 24.8 Å². The lowest BCUT2D eigenvalue weighted by molar-refractivity contribution is -0.151. The maximum atomic E-state index is 13.9. The number of benzene rings is 1. The fourth-order valence-corrected chi connectivity index (χ4v) is 5.56. The lowest BCUT2D eigenvalue weighted by Crippen LogP contribution is -2.56. The fraction of sp³-hybridized carbons (Fsp3) is 0.522. The molecule has 1 spiro atoms. The van der Waals surface area contributed by atoms with Crippen LogP contribution in [0.3, 0.4) is 0 Å². The van der Waals surface area contributed by atoms with E-state index in [4.69, 9.17) is 4.74 Å². The third kappa shape index (κ3) is 3.43. The molecule has 3 heterocycles. The predicted octanol–water partition coefficient (Wildman–Crippen LogP) is 1.04. The van der Waals surface area contributed by atoms with E-state index in [1.54, 1.807) is 11.0 Å². The third-order valence-corrected chi connectivity index (χ3v) is 6.75. The molecule has 0 aromatic heterocycles. The third-order valence-electron chi connectivity index (χ3n) is 6.75. The molecule has 0 saturated carbocycles. The molecule has 3 aliphatic rings. The highest BCUT2D eigenvalue weighted by molar-refractivity contribution is 5.98. The summed E-state index contributed by atoms with van der Waals surface area (Å²) in [5.74, 6) is -3.52. The van der Waals surface area contributed by atoms with E-state index < -0.39 is 35.6 Å². The lowest BCUT2D eigenvalue weighted by Gasteiger charge is -2.36. The molecule has 0 aliphatic carbocycles. The molecule has 2 N–H and O–H groups in total. The van der Waals surface area contributed by atoms with Crippen molar-refractivity contribution in [3.8, 4) is 0 Å². The minimum atomic E-state index is -1.13. The number of carbonyl (C=O) groups excluding carboxylic acids is 2. The first kappa shape index (κ1) is 21.5. The molecule has 8 heteroatoms. The van der Waals surface area contributed by atoms with Crippen LogP contribution in [0.25, 0.3) is 0 Å². The van der Waals surface area contributed by atoms with Crippen LogP contribution in [0.15, 0.2) is 43.0 Å². The minimum Gasteiger partial charge on any atom is -0.481 e. The maximum absolute atomic E-state index is 13.9. The Balaban J connectivity index is 1.70. The van der Waals surface area contributed by atoms with E-state index in [9.17, 15) is 24.6 Å². The quantitative estimate of drug-likeness (QED) is 0.569. The number of aliphatic carboxylic acids is 1. The molecule has 8 nitrogen and oxygen atoms in total. The van der Waals surface area contributed by atoms with Gasteiger partial charge in [0.25, 0.3) is 0 Å². The zero-order chi connectivity index (χ0) is 22.2. The monoisotopic (exact) mass is 428 g/mol. The summed E-state index contributed by atoms with van der Waals surface area (Å²) in [5.41, 5.74) is -0.189. The summed E-state index contributed by atoms with van der Waals surface area (Å²) in [4.78, 5) is 42.2. The van der Waals surface area contributed by atoms with Gasteiger partial charge < -0.3 is 24.7 Å². The van der Waals surface area contributed by atoms with Crippen LogP contribution >= 0.6 is 0 Å². The van der Waals surface area contributed by atoms with Gasteiger partial charge in [0.05, 0.1) is 17.9 Å². The summed E-state index contributed by atoms with van der Waals surface area (Å²) < 4.78 is 6.17. The van der Waals surface area contributed by atoms with E-state index >= 15 is 0 Å².